The summed E-state index contributed by atoms with van der Waals surface area (Å²) in [4.78, 5) is 16.9. The van der Waals surface area contributed by atoms with E-state index in [1.165, 1.54) is 0 Å². The quantitative estimate of drug-likeness (QED) is 0.727. The Kier molecular flexibility index (Phi) is 6.24. The van der Waals surface area contributed by atoms with Gasteiger partial charge in [0.1, 0.15) is 0 Å². The Morgan fingerprint density at radius 3 is 2.77 bits per heavy atom. The number of hydrogen-bond donors (Lipinski definition) is 1. The Morgan fingerprint density at radius 2 is 2.00 bits per heavy atom. The number of carbonyl (C=O) groups is 1. The third kappa shape index (κ3) is 4.59. The van der Waals surface area contributed by atoms with Crippen LogP contribution in [0.4, 0.5) is 0 Å². The van der Waals surface area contributed by atoms with Crippen LogP contribution >= 0.6 is 11.6 Å². The molecule has 4 rings (SSSR count). The Labute approximate surface area is 180 Å². The lowest BCUT2D eigenvalue weighted by atomic mass is 10.0. The fourth-order valence-corrected chi connectivity index (χ4v) is 5.00. The maximum atomic E-state index is 13.0. The fourth-order valence-electron chi connectivity index (χ4n) is 3.75. The van der Waals surface area contributed by atoms with Crippen molar-refractivity contribution in [2.24, 2.45) is 4.40 Å². The van der Waals surface area contributed by atoms with Crippen molar-refractivity contribution in [3.05, 3.63) is 58.8 Å². The Bertz CT molecular complexity index is 1020. The third-order valence-corrected chi connectivity index (χ3v) is 6.80. The number of amidine groups is 1. The minimum Gasteiger partial charge on any atom is -0.379 e. The van der Waals surface area contributed by atoms with Crippen LogP contribution in [0, 0.1) is 0 Å². The predicted molar refractivity (Wildman–Crippen MR) is 115 cm³/mol. The molecule has 1 aromatic carbocycles. The van der Waals surface area contributed by atoms with E-state index < -0.39 is 10.0 Å². The predicted octanol–water partition coefficient (Wildman–Crippen LogP) is 1.33. The van der Waals surface area contributed by atoms with Crippen molar-refractivity contribution in [1.29, 1.82) is 0 Å². The number of rotatable bonds is 5. The molecular weight excluding hydrogens is 428 g/mol. The number of allylic oxidation sites excluding steroid dienone is 2. The number of benzene rings is 1. The molecule has 1 N–H and O–H groups in total. The number of amides is 1. The number of carbonyl (C=O) groups excluding carboxylic acids is 1. The lowest BCUT2D eigenvalue weighted by molar-refractivity contribution is -0.117. The summed E-state index contributed by atoms with van der Waals surface area (Å²) < 4.78 is 33.1. The summed E-state index contributed by atoms with van der Waals surface area (Å²) >= 11 is 6.44. The lowest BCUT2D eigenvalue weighted by Crippen LogP contribution is -2.46. The smallest absolute Gasteiger partial charge is 0.256 e. The number of nitrogens with one attached hydrogen (secondary N) is 1. The van der Waals surface area contributed by atoms with E-state index in [-0.39, 0.29) is 35.7 Å². The summed E-state index contributed by atoms with van der Waals surface area (Å²) in [6.07, 6.45) is 5.04. The summed E-state index contributed by atoms with van der Waals surface area (Å²) in [6, 6.07) is 7.46. The Balaban J connectivity index is 1.54. The largest absolute Gasteiger partial charge is 0.379 e. The third-order valence-electron chi connectivity index (χ3n) is 5.31. The van der Waals surface area contributed by atoms with E-state index in [4.69, 9.17) is 16.3 Å². The van der Waals surface area contributed by atoms with E-state index in [1.54, 1.807) is 23.3 Å². The van der Waals surface area contributed by atoms with Crippen molar-refractivity contribution in [2.75, 3.05) is 45.1 Å². The van der Waals surface area contributed by atoms with E-state index >= 15 is 0 Å². The highest BCUT2D eigenvalue weighted by Gasteiger charge is 2.31. The molecule has 0 aromatic heterocycles. The van der Waals surface area contributed by atoms with Crippen LogP contribution in [0.1, 0.15) is 11.6 Å². The highest BCUT2D eigenvalue weighted by Crippen LogP contribution is 2.28. The zero-order valence-electron chi connectivity index (χ0n) is 16.3. The molecule has 1 saturated heterocycles. The van der Waals surface area contributed by atoms with Gasteiger partial charge in [-0.15, -0.1) is 4.40 Å². The van der Waals surface area contributed by atoms with E-state index in [2.05, 4.69) is 14.6 Å². The molecule has 3 aliphatic rings. The molecule has 0 radical (unpaired) electrons. The van der Waals surface area contributed by atoms with Crippen LogP contribution in [0.2, 0.25) is 5.02 Å². The molecule has 10 heteroatoms. The van der Waals surface area contributed by atoms with E-state index in [0.29, 0.717) is 24.8 Å². The monoisotopic (exact) mass is 450 g/mol. The molecule has 1 aromatic rings. The maximum absolute atomic E-state index is 13.0. The topological polar surface area (TPSA) is 91.3 Å². The molecule has 1 fully saturated rings. The molecule has 1 amide bonds. The maximum Gasteiger partial charge on any atom is 0.256 e. The van der Waals surface area contributed by atoms with Crippen molar-refractivity contribution in [3.63, 3.8) is 0 Å². The molecule has 0 aliphatic carbocycles. The van der Waals surface area contributed by atoms with Gasteiger partial charge in [-0.05, 0) is 23.8 Å². The van der Waals surface area contributed by atoms with E-state index in [1.807, 2.05) is 24.3 Å². The van der Waals surface area contributed by atoms with Gasteiger partial charge in [-0.1, -0.05) is 29.8 Å². The fraction of sp³-hybridized carbons (Fsp3) is 0.400. The number of halogens is 1. The SMILES string of the molecule is O=C(NCC(c1ccccc1Cl)N1CCOCC1)C1=CC=CN2CCS(=O)(=O)N=C12. The van der Waals surface area contributed by atoms with Gasteiger partial charge in [-0.2, -0.15) is 0 Å². The van der Waals surface area contributed by atoms with Crippen molar-refractivity contribution in [1.82, 2.24) is 15.1 Å². The molecule has 1 unspecified atom stereocenters. The number of nitrogens with zero attached hydrogens (tertiary/aromatic N) is 3. The van der Waals surface area contributed by atoms with Gasteiger partial charge in [-0.25, -0.2) is 8.42 Å². The zero-order chi connectivity index (χ0) is 21.1. The molecule has 160 valence electrons. The van der Waals surface area contributed by atoms with Crippen LogP contribution in [0.15, 0.2) is 52.6 Å². The van der Waals surface area contributed by atoms with Gasteiger partial charge in [0, 0.05) is 37.4 Å². The number of fused-ring (bicyclic) bond motifs is 1. The number of morpholine rings is 1. The first-order chi connectivity index (χ1) is 14.4. The Hall–Kier alpha value is -2.20. The first kappa shape index (κ1) is 21.0. The van der Waals surface area contributed by atoms with Crippen LogP contribution < -0.4 is 5.32 Å². The molecule has 30 heavy (non-hydrogen) atoms. The molecule has 0 bridgehead atoms. The average molecular weight is 451 g/mol. The van der Waals surface area contributed by atoms with Crippen LogP contribution in [0.5, 0.6) is 0 Å². The molecule has 8 nitrogen and oxygen atoms in total. The van der Waals surface area contributed by atoms with Gasteiger partial charge < -0.3 is 15.0 Å². The second kappa shape index (κ2) is 8.89. The molecule has 3 heterocycles. The van der Waals surface area contributed by atoms with Crippen LogP contribution in [-0.4, -0.2) is 75.1 Å². The normalized spacial score (nSPS) is 22.0. The summed E-state index contributed by atoms with van der Waals surface area (Å²) in [5.41, 5.74) is 1.17. The summed E-state index contributed by atoms with van der Waals surface area (Å²) in [7, 11) is -3.56. The van der Waals surface area contributed by atoms with Gasteiger partial charge in [-0.3, -0.25) is 9.69 Å². The summed E-state index contributed by atoms with van der Waals surface area (Å²) in [6.45, 7) is 3.30. The first-order valence-corrected chi connectivity index (χ1v) is 11.8. The summed E-state index contributed by atoms with van der Waals surface area (Å²) in [5.74, 6) is -0.270. The van der Waals surface area contributed by atoms with Gasteiger partial charge in [0.05, 0.1) is 30.6 Å². The first-order valence-electron chi connectivity index (χ1n) is 9.77. The summed E-state index contributed by atoms with van der Waals surface area (Å²) in [5, 5.41) is 3.59. The standard InChI is InChI=1S/C20H23ClN4O4S/c21-17-6-2-1-4-15(17)18(24-8-11-29-12-9-24)14-22-20(26)16-5-3-7-25-10-13-30(27,28)23-19(16)25/h1-7,18H,8-14H2,(H,22,26). The molecule has 3 aliphatic heterocycles. The van der Waals surface area contributed by atoms with Gasteiger partial charge in [0.2, 0.25) is 0 Å². The van der Waals surface area contributed by atoms with Gasteiger partial charge >= 0.3 is 0 Å². The second-order valence-corrected chi connectivity index (χ2v) is 9.37. The lowest BCUT2D eigenvalue weighted by Gasteiger charge is -2.35. The second-order valence-electron chi connectivity index (χ2n) is 7.21. The molecule has 0 spiro atoms. The van der Waals surface area contributed by atoms with E-state index in [0.717, 1.165) is 18.7 Å². The van der Waals surface area contributed by atoms with Crippen LogP contribution in [-0.2, 0) is 19.6 Å². The van der Waals surface area contributed by atoms with Gasteiger partial charge in [0.25, 0.3) is 15.9 Å². The molecule has 0 saturated carbocycles. The van der Waals surface area contributed by atoms with Crippen molar-refractivity contribution >= 4 is 33.4 Å². The molecular formula is C20H23ClN4O4S. The van der Waals surface area contributed by atoms with Crippen molar-refractivity contribution < 1.29 is 17.9 Å². The van der Waals surface area contributed by atoms with Crippen molar-refractivity contribution in [2.45, 2.75) is 6.04 Å². The highest BCUT2D eigenvalue weighted by atomic mass is 35.5. The number of ether oxygens (including phenoxy) is 1. The van der Waals surface area contributed by atoms with Crippen LogP contribution in [0.3, 0.4) is 0 Å². The zero-order valence-corrected chi connectivity index (χ0v) is 17.9. The highest BCUT2D eigenvalue weighted by molar-refractivity contribution is 7.90. The van der Waals surface area contributed by atoms with Crippen molar-refractivity contribution in [3.8, 4) is 0 Å². The minimum absolute atomic E-state index is 0.0681. The Morgan fingerprint density at radius 1 is 1.23 bits per heavy atom. The number of sulfonamides is 1. The average Bonchev–Trinajstić information content (AvgIpc) is 2.74. The number of hydrogen-bond acceptors (Lipinski definition) is 6. The van der Waals surface area contributed by atoms with Gasteiger partial charge in [0.15, 0.2) is 5.84 Å². The van der Waals surface area contributed by atoms with E-state index in [9.17, 15) is 13.2 Å². The molecule has 1 atom stereocenters. The van der Waals surface area contributed by atoms with Crippen LogP contribution in [0.25, 0.3) is 0 Å². The minimum atomic E-state index is -3.56.